The number of urea groups is 1. The van der Waals surface area contributed by atoms with E-state index < -0.39 is 23.9 Å². The van der Waals surface area contributed by atoms with Crippen LogP contribution in [-0.4, -0.2) is 68.8 Å². The van der Waals surface area contributed by atoms with E-state index in [-0.39, 0.29) is 50.0 Å². The largest absolute Gasteiger partial charge is 0.466 e. The van der Waals surface area contributed by atoms with E-state index >= 15 is 0 Å². The van der Waals surface area contributed by atoms with Gasteiger partial charge in [-0.1, -0.05) is 29.8 Å². The maximum absolute atomic E-state index is 13.1. The number of hydrogen-bond acceptors (Lipinski definition) is 8. The van der Waals surface area contributed by atoms with Gasteiger partial charge in [0.2, 0.25) is 5.91 Å². The lowest BCUT2D eigenvalue weighted by atomic mass is 9.80. The van der Waals surface area contributed by atoms with Crippen molar-refractivity contribution in [3.63, 3.8) is 0 Å². The minimum absolute atomic E-state index is 0.0316. The van der Waals surface area contributed by atoms with Crippen molar-refractivity contribution in [3.8, 4) is 0 Å². The quantitative estimate of drug-likeness (QED) is 0.305. The highest BCUT2D eigenvalue weighted by Gasteiger charge is 2.39. The van der Waals surface area contributed by atoms with E-state index in [0.717, 1.165) is 0 Å². The monoisotopic (exact) mass is 491 g/mol. The molecule has 1 atom stereocenters. The molecule has 0 bridgehead atoms. The Morgan fingerprint density at radius 3 is 2.50 bits per heavy atom. The van der Waals surface area contributed by atoms with E-state index in [1.165, 1.54) is 12.0 Å². The van der Waals surface area contributed by atoms with E-state index in [9.17, 15) is 19.2 Å². The molecule has 1 aromatic carbocycles. The molecule has 2 aliphatic rings. The molecule has 0 spiro atoms. The zero-order valence-electron chi connectivity index (χ0n) is 19.1. The third kappa shape index (κ3) is 5.40. The first kappa shape index (κ1) is 25.3. The molecule has 34 heavy (non-hydrogen) atoms. The van der Waals surface area contributed by atoms with Gasteiger partial charge in [0, 0.05) is 17.3 Å². The number of nitrogens with zero attached hydrogens (tertiary/aromatic N) is 1. The Kier molecular flexibility index (Phi) is 8.30. The number of esters is 2. The van der Waals surface area contributed by atoms with Gasteiger partial charge in [0.05, 0.1) is 49.7 Å². The SMILES string of the molecule is CCOC(=O)C1=C(COCCN2CC(=O)NC2=O)NC(C)=C(C(=O)OC)C1c1ccccc1Cl. The molecule has 182 valence electrons. The molecule has 1 unspecified atom stereocenters. The summed E-state index contributed by atoms with van der Waals surface area (Å²) in [6, 6.07) is 6.43. The van der Waals surface area contributed by atoms with Crippen molar-refractivity contribution >= 4 is 35.5 Å². The Labute approximate surface area is 201 Å². The maximum atomic E-state index is 13.1. The van der Waals surface area contributed by atoms with Gasteiger partial charge in [-0.25, -0.2) is 14.4 Å². The maximum Gasteiger partial charge on any atom is 0.336 e. The van der Waals surface area contributed by atoms with Crippen molar-refractivity contribution in [2.75, 3.05) is 40.0 Å². The van der Waals surface area contributed by atoms with Gasteiger partial charge in [0.25, 0.3) is 0 Å². The molecule has 1 aromatic rings. The van der Waals surface area contributed by atoms with E-state index in [1.807, 2.05) is 0 Å². The highest BCUT2D eigenvalue weighted by atomic mass is 35.5. The number of halogens is 1. The Balaban J connectivity index is 1.93. The second-order valence-corrected chi connectivity index (χ2v) is 7.96. The number of rotatable bonds is 9. The number of benzene rings is 1. The molecular weight excluding hydrogens is 466 g/mol. The first-order valence-corrected chi connectivity index (χ1v) is 11.0. The summed E-state index contributed by atoms with van der Waals surface area (Å²) < 4.78 is 16.0. The molecule has 2 heterocycles. The number of methoxy groups -OCH3 is 1. The second-order valence-electron chi connectivity index (χ2n) is 7.55. The summed E-state index contributed by atoms with van der Waals surface area (Å²) in [6.07, 6.45) is 0. The van der Waals surface area contributed by atoms with Crippen molar-refractivity contribution in [1.29, 1.82) is 0 Å². The third-order valence-corrected chi connectivity index (χ3v) is 5.73. The van der Waals surface area contributed by atoms with Crippen LogP contribution in [0, 0.1) is 0 Å². The van der Waals surface area contributed by atoms with Crippen molar-refractivity contribution < 1.29 is 33.4 Å². The van der Waals surface area contributed by atoms with Crippen LogP contribution in [0.15, 0.2) is 46.8 Å². The number of allylic oxidation sites excluding steroid dienone is 1. The van der Waals surface area contributed by atoms with Crippen LogP contribution in [0.5, 0.6) is 0 Å². The predicted octanol–water partition coefficient (Wildman–Crippen LogP) is 1.86. The summed E-state index contributed by atoms with van der Waals surface area (Å²) in [7, 11) is 1.26. The highest BCUT2D eigenvalue weighted by molar-refractivity contribution is 6.31. The molecule has 2 aliphatic heterocycles. The number of carbonyl (C=O) groups excluding carboxylic acids is 4. The molecule has 0 aromatic heterocycles. The van der Waals surface area contributed by atoms with Crippen LogP contribution in [0.1, 0.15) is 25.3 Å². The average Bonchev–Trinajstić information content (AvgIpc) is 3.12. The lowest BCUT2D eigenvalue weighted by Gasteiger charge is -2.31. The van der Waals surface area contributed by atoms with Crippen LogP contribution in [0.3, 0.4) is 0 Å². The number of imide groups is 1. The molecule has 0 aliphatic carbocycles. The van der Waals surface area contributed by atoms with Crippen molar-refractivity contribution in [2.45, 2.75) is 19.8 Å². The highest BCUT2D eigenvalue weighted by Crippen LogP contribution is 2.41. The summed E-state index contributed by atoms with van der Waals surface area (Å²) >= 11 is 6.47. The van der Waals surface area contributed by atoms with Crippen LogP contribution in [0.25, 0.3) is 0 Å². The van der Waals surface area contributed by atoms with E-state index in [0.29, 0.717) is 22.0 Å². The normalized spacial score (nSPS) is 18.1. The topological polar surface area (TPSA) is 123 Å². The van der Waals surface area contributed by atoms with E-state index in [1.54, 1.807) is 38.1 Å². The fourth-order valence-corrected chi connectivity index (χ4v) is 4.12. The number of carbonyl (C=O) groups is 4. The summed E-state index contributed by atoms with van der Waals surface area (Å²) in [4.78, 5) is 50.2. The molecule has 2 N–H and O–H groups in total. The Morgan fingerprint density at radius 2 is 1.88 bits per heavy atom. The molecule has 0 radical (unpaired) electrons. The molecule has 0 saturated carbocycles. The lowest BCUT2D eigenvalue weighted by molar-refractivity contribution is -0.139. The third-order valence-electron chi connectivity index (χ3n) is 5.38. The standard InChI is InChI=1S/C23H26ClN3O7/c1-4-34-22(30)20-16(12-33-10-9-27-11-17(28)26-23(27)31)25-13(2)18(21(29)32-3)19(20)14-7-5-6-8-15(14)24/h5-8,19,25H,4,9-12H2,1-3H3,(H,26,28,31). The Morgan fingerprint density at radius 1 is 1.15 bits per heavy atom. The number of hydrogen-bond donors (Lipinski definition) is 2. The van der Waals surface area contributed by atoms with Gasteiger partial charge in [0.1, 0.15) is 6.54 Å². The van der Waals surface area contributed by atoms with Crippen LogP contribution in [0.2, 0.25) is 5.02 Å². The fourth-order valence-electron chi connectivity index (χ4n) is 3.87. The molecular formula is C23H26ClN3O7. The summed E-state index contributed by atoms with van der Waals surface area (Å²) in [6.45, 7) is 3.74. The van der Waals surface area contributed by atoms with Crippen LogP contribution in [-0.2, 0) is 28.6 Å². The van der Waals surface area contributed by atoms with Gasteiger partial charge < -0.3 is 24.4 Å². The molecule has 10 nitrogen and oxygen atoms in total. The summed E-state index contributed by atoms with van der Waals surface area (Å²) in [5.74, 6) is -2.45. The van der Waals surface area contributed by atoms with Crippen molar-refractivity contribution in [3.05, 3.63) is 57.4 Å². The minimum Gasteiger partial charge on any atom is -0.466 e. The van der Waals surface area contributed by atoms with Gasteiger partial charge in [-0.05, 0) is 25.5 Å². The van der Waals surface area contributed by atoms with Crippen molar-refractivity contribution in [1.82, 2.24) is 15.5 Å². The molecule has 1 saturated heterocycles. The summed E-state index contributed by atoms with van der Waals surface area (Å²) in [5.41, 5.74) is 1.83. The predicted molar refractivity (Wildman–Crippen MR) is 122 cm³/mol. The van der Waals surface area contributed by atoms with Gasteiger partial charge in [-0.15, -0.1) is 0 Å². The smallest absolute Gasteiger partial charge is 0.336 e. The Bertz CT molecular complexity index is 1070. The minimum atomic E-state index is -0.845. The number of nitrogens with one attached hydrogen (secondary N) is 2. The zero-order chi connectivity index (χ0) is 24.8. The van der Waals surface area contributed by atoms with Gasteiger partial charge in [0.15, 0.2) is 0 Å². The first-order valence-electron chi connectivity index (χ1n) is 10.7. The van der Waals surface area contributed by atoms with Gasteiger partial charge in [-0.3, -0.25) is 10.1 Å². The molecule has 3 amide bonds. The van der Waals surface area contributed by atoms with Crippen molar-refractivity contribution in [2.24, 2.45) is 0 Å². The Hall–Kier alpha value is -3.37. The van der Waals surface area contributed by atoms with Crippen LogP contribution >= 0.6 is 11.6 Å². The van der Waals surface area contributed by atoms with Crippen LogP contribution < -0.4 is 10.6 Å². The van der Waals surface area contributed by atoms with Gasteiger partial charge in [-0.2, -0.15) is 0 Å². The van der Waals surface area contributed by atoms with Gasteiger partial charge >= 0.3 is 18.0 Å². The van der Waals surface area contributed by atoms with E-state index in [4.69, 9.17) is 25.8 Å². The molecule has 3 rings (SSSR count). The number of dihydropyridines is 1. The second kappa shape index (κ2) is 11.2. The number of ether oxygens (including phenoxy) is 3. The summed E-state index contributed by atoms with van der Waals surface area (Å²) in [5, 5.41) is 5.64. The number of amides is 3. The fraction of sp³-hybridized carbons (Fsp3) is 0.391. The molecule has 1 fully saturated rings. The average molecular weight is 492 g/mol. The van der Waals surface area contributed by atoms with Crippen LogP contribution in [0.4, 0.5) is 4.79 Å². The zero-order valence-corrected chi connectivity index (χ0v) is 19.9. The lowest BCUT2D eigenvalue weighted by Crippen LogP contribution is -2.35. The molecule has 11 heteroatoms. The van der Waals surface area contributed by atoms with E-state index in [2.05, 4.69) is 10.6 Å². The first-order chi connectivity index (χ1) is 16.3.